The van der Waals surface area contributed by atoms with Crippen molar-refractivity contribution in [2.45, 2.75) is 69.8 Å². The fraction of sp³-hybridized carbons (Fsp3) is 0.389. The Kier molecular flexibility index (Phi) is 9.03. The quantitative estimate of drug-likeness (QED) is 0.186. The average Bonchev–Trinajstić information content (AvgIpc) is 3.47. The number of nitrogens with zero attached hydrogens (tertiary/aromatic N) is 3. The second kappa shape index (κ2) is 12.9. The molecule has 3 aromatic rings. The second-order valence-electron chi connectivity index (χ2n) is 13.3. The Morgan fingerprint density at radius 1 is 1.02 bits per heavy atom. The van der Waals surface area contributed by atoms with Gasteiger partial charge >= 0.3 is 5.97 Å². The third kappa shape index (κ3) is 5.83. The second-order valence-corrected chi connectivity index (χ2v) is 17.3. The van der Waals surface area contributed by atoms with Gasteiger partial charge in [-0.1, -0.05) is 55.5 Å². The number of hydrogen-bond donors (Lipinski definition) is 2. The van der Waals surface area contributed by atoms with Crippen molar-refractivity contribution in [3.05, 3.63) is 90.0 Å². The number of rotatable bonds is 10. The Labute approximate surface area is 280 Å². The zero-order valence-corrected chi connectivity index (χ0v) is 28.5. The van der Waals surface area contributed by atoms with Crippen molar-refractivity contribution in [3.8, 4) is 0 Å². The highest BCUT2D eigenvalue weighted by Gasteiger charge is 2.67. The molecule has 3 heterocycles. The number of carbonyl (C=O) groups excluding carboxylic acids is 4. The number of esters is 1. The van der Waals surface area contributed by atoms with Crippen LogP contribution in [0.1, 0.15) is 37.8 Å². The highest BCUT2D eigenvalue weighted by molar-refractivity contribution is 6.71. The molecule has 2 fully saturated rings. The van der Waals surface area contributed by atoms with Crippen LogP contribution < -0.4 is 9.80 Å². The molecule has 2 N–H and O–H groups in total. The molecule has 12 heteroatoms. The minimum atomic E-state index is -3.10. The Morgan fingerprint density at radius 3 is 2.29 bits per heavy atom. The van der Waals surface area contributed by atoms with Crippen LogP contribution >= 0.6 is 0 Å². The van der Waals surface area contributed by atoms with Crippen molar-refractivity contribution < 1.29 is 38.6 Å². The van der Waals surface area contributed by atoms with Gasteiger partial charge < -0.3 is 24.3 Å². The number of amides is 3. The van der Waals surface area contributed by atoms with Gasteiger partial charge in [0.2, 0.25) is 11.8 Å². The molecule has 0 saturated carbocycles. The van der Waals surface area contributed by atoms with E-state index in [2.05, 4.69) is 0 Å². The normalized spacial score (nSPS) is 24.9. The van der Waals surface area contributed by atoms with E-state index in [1.165, 1.54) is 11.8 Å². The van der Waals surface area contributed by atoms with Crippen molar-refractivity contribution >= 4 is 49.1 Å². The number of aliphatic hydroxyl groups excluding tert-OH is 1. The van der Waals surface area contributed by atoms with Gasteiger partial charge in [0.1, 0.15) is 0 Å². The third-order valence-corrected chi connectivity index (χ3v) is 12.2. The molecule has 5 atom stereocenters. The van der Waals surface area contributed by atoms with E-state index in [4.69, 9.17) is 9.47 Å². The number of hydrogen-bond acceptors (Lipinski definition) is 8. The Bertz CT molecular complexity index is 1720. The van der Waals surface area contributed by atoms with Crippen molar-refractivity contribution in [1.29, 1.82) is 0 Å². The molecule has 3 amide bonds. The lowest BCUT2D eigenvalue weighted by molar-refractivity contribution is -0.154. The highest BCUT2D eigenvalue weighted by atomic mass is 28.4. The van der Waals surface area contributed by atoms with Crippen LogP contribution in [0.15, 0.2) is 78.9 Å². The first-order chi connectivity index (χ1) is 22.9. The maximum Gasteiger partial charge on any atom is 0.304 e. The van der Waals surface area contributed by atoms with Crippen LogP contribution in [0.5, 0.6) is 0 Å². The van der Waals surface area contributed by atoms with Gasteiger partial charge in [0.05, 0.1) is 31.2 Å². The van der Waals surface area contributed by atoms with Gasteiger partial charge in [-0.25, -0.2) is 0 Å². The number of anilines is 3. The van der Waals surface area contributed by atoms with Gasteiger partial charge in [-0.15, -0.1) is 0 Å². The molecular formula is C36H41N3O8Si. The van der Waals surface area contributed by atoms with Crippen LogP contribution in [0.4, 0.5) is 17.1 Å². The van der Waals surface area contributed by atoms with Crippen LogP contribution in [-0.4, -0.2) is 72.3 Å². The van der Waals surface area contributed by atoms with E-state index >= 15 is 0 Å². The monoisotopic (exact) mass is 671 g/mol. The number of ether oxygens (including phenoxy) is 2. The summed E-state index contributed by atoms with van der Waals surface area (Å²) in [6.45, 7) is 6.93. The lowest BCUT2D eigenvalue weighted by atomic mass is 9.82. The first kappa shape index (κ1) is 33.5. The van der Waals surface area contributed by atoms with Gasteiger partial charge in [0, 0.05) is 48.4 Å². The summed E-state index contributed by atoms with van der Waals surface area (Å²) in [4.78, 5) is 69.6. The fourth-order valence-electron chi connectivity index (χ4n) is 7.68. The summed E-state index contributed by atoms with van der Waals surface area (Å²) in [5.41, 5.74) is 0.937. The summed E-state index contributed by atoms with van der Waals surface area (Å²) < 4.78 is 12.3. The summed E-state index contributed by atoms with van der Waals surface area (Å²) in [6.07, 6.45) is -1.63. The molecule has 0 bridgehead atoms. The van der Waals surface area contributed by atoms with Crippen molar-refractivity contribution in [2.24, 2.45) is 5.92 Å². The molecule has 3 aliphatic rings. The van der Waals surface area contributed by atoms with E-state index in [0.717, 1.165) is 5.56 Å². The minimum absolute atomic E-state index is 0.0493. The molecule has 0 radical (unpaired) electrons. The Hall–Kier alpha value is -4.36. The van der Waals surface area contributed by atoms with Crippen molar-refractivity contribution in [1.82, 2.24) is 4.90 Å². The molecule has 1 spiro atoms. The van der Waals surface area contributed by atoms with Crippen molar-refractivity contribution in [2.75, 3.05) is 23.0 Å². The van der Waals surface area contributed by atoms with Crippen LogP contribution in [0.2, 0.25) is 18.6 Å². The van der Waals surface area contributed by atoms with Crippen LogP contribution in [0.3, 0.4) is 0 Å². The van der Waals surface area contributed by atoms with Gasteiger partial charge in [-0.2, -0.15) is 0 Å². The maximum atomic E-state index is 14.9. The first-order valence-corrected chi connectivity index (χ1v) is 19.3. The lowest BCUT2D eigenvalue weighted by Crippen LogP contribution is -2.55. The molecule has 11 nitrogen and oxygen atoms in total. The number of para-hydroxylation sites is 1. The predicted molar refractivity (Wildman–Crippen MR) is 180 cm³/mol. The van der Waals surface area contributed by atoms with Gasteiger partial charge in [-0.05, 0) is 49.0 Å². The largest absolute Gasteiger partial charge is 0.441 e. The molecule has 0 aromatic heterocycles. The number of benzene rings is 3. The number of carbonyl (C=O) groups is 4. The van der Waals surface area contributed by atoms with E-state index in [9.17, 15) is 29.1 Å². The number of β-lactam (4-membered cyclic amide) rings is 1. The third-order valence-electron chi connectivity index (χ3n) is 9.69. The molecule has 1 unspecified atom stereocenters. The zero-order valence-electron chi connectivity index (χ0n) is 27.5. The van der Waals surface area contributed by atoms with Crippen LogP contribution in [0.25, 0.3) is 0 Å². The van der Waals surface area contributed by atoms with Crippen LogP contribution in [0, 0.1) is 5.92 Å². The van der Waals surface area contributed by atoms with Gasteiger partial charge in [-0.3, -0.25) is 29.0 Å². The topological polar surface area (TPSA) is 137 Å². The summed E-state index contributed by atoms with van der Waals surface area (Å²) in [5.74, 6) is -1.92. The zero-order chi connectivity index (χ0) is 34.4. The van der Waals surface area contributed by atoms with Crippen molar-refractivity contribution in [3.63, 3.8) is 0 Å². The molecule has 0 aliphatic carbocycles. The molecule has 252 valence electrons. The molecule has 48 heavy (non-hydrogen) atoms. The summed E-state index contributed by atoms with van der Waals surface area (Å²) in [6, 6.07) is 23.9. The molecule has 3 aromatic carbocycles. The van der Waals surface area contributed by atoms with E-state index < -0.39 is 43.7 Å². The highest BCUT2D eigenvalue weighted by Crippen LogP contribution is 2.61. The SMILES string of the molecule is CC(=O)OC1CC(=O)N1c1ccc2c(c1)[C@@]1(O[C@H](CC(=O)N(CCO)Cc3ccccc3)[C@@H]([Si](C)(C)O)[C@@H]1C)C(=O)N2c1ccccc1. The standard InChI is InChI=1S/C36H41N3O8Si/c1-23-34(48(3,4)45)30(20-31(42)37(17-18-40)22-25-11-7-5-8-12-25)47-36(23)28-19-27(39-32(43)21-33(39)46-24(2)41)15-16-29(28)38(35(36)44)26-13-9-6-10-14-26/h5-16,19,23,30,33-34,40,45H,17-18,20-22H2,1-4H3/t23-,30+,33?,34-,36+/m0/s1. The van der Waals surface area contributed by atoms with E-state index in [-0.39, 0.29) is 43.7 Å². The first-order valence-electron chi connectivity index (χ1n) is 16.2. The predicted octanol–water partition coefficient (Wildman–Crippen LogP) is 4.20. The van der Waals surface area contributed by atoms with E-state index in [1.54, 1.807) is 41.1 Å². The lowest BCUT2D eigenvalue weighted by Gasteiger charge is -2.39. The van der Waals surface area contributed by atoms with E-state index in [0.29, 0.717) is 29.2 Å². The van der Waals surface area contributed by atoms with Gasteiger partial charge in [0.25, 0.3) is 5.91 Å². The maximum absolute atomic E-state index is 14.9. The summed E-state index contributed by atoms with van der Waals surface area (Å²) in [5, 5.41) is 9.81. The Balaban J connectivity index is 1.42. The number of fused-ring (bicyclic) bond motifs is 2. The molecule has 2 saturated heterocycles. The summed E-state index contributed by atoms with van der Waals surface area (Å²) in [7, 11) is -3.10. The number of aliphatic hydroxyl groups is 1. The van der Waals surface area contributed by atoms with Crippen LogP contribution in [-0.2, 0) is 40.8 Å². The smallest absolute Gasteiger partial charge is 0.304 e. The fourth-order valence-corrected chi connectivity index (χ4v) is 10.2. The Morgan fingerprint density at radius 2 is 1.69 bits per heavy atom. The van der Waals surface area contributed by atoms with Gasteiger partial charge in [0.15, 0.2) is 20.1 Å². The molecule has 3 aliphatic heterocycles. The molecular weight excluding hydrogens is 630 g/mol. The average molecular weight is 672 g/mol. The minimum Gasteiger partial charge on any atom is -0.441 e. The summed E-state index contributed by atoms with van der Waals surface area (Å²) >= 11 is 0. The van der Waals surface area contributed by atoms with E-state index in [1.807, 2.05) is 67.6 Å². The molecule has 6 rings (SSSR count).